The first-order valence-electron chi connectivity index (χ1n) is 4.86. The van der Waals surface area contributed by atoms with Crippen molar-refractivity contribution in [2.45, 2.75) is 13.3 Å². The zero-order valence-corrected chi connectivity index (χ0v) is 10.5. The van der Waals surface area contributed by atoms with Gasteiger partial charge in [-0.2, -0.15) is 0 Å². The van der Waals surface area contributed by atoms with Gasteiger partial charge in [-0.25, -0.2) is 9.97 Å². The standard InChI is InChI=1S/C11H9ClN2O2S/c1-6-4-7(8-2-3-9(12)17-8)14-10(13-6)5-11(15)16/h2-4H,5H2,1H3,(H,15,16). The molecule has 17 heavy (non-hydrogen) atoms. The lowest BCUT2D eigenvalue weighted by Gasteiger charge is -2.02. The number of thiophene rings is 1. The summed E-state index contributed by atoms with van der Waals surface area (Å²) in [4.78, 5) is 19.8. The smallest absolute Gasteiger partial charge is 0.311 e. The van der Waals surface area contributed by atoms with Gasteiger partial charge in [0.1, 0.15) is 12.2 Å². The molecule has 2 rings (SSSR count). The van der Waals surface area contributed by atoms with E-state index in [2.05, 4.69) is 9.97 Å². The average Bonchev–Trinajstić information content (AvgIpc) is 2.62. The van der Waals surface area contributed by atoms with Gasteiger partial charge in [0.25, 0.3) is 0 Å². The van der Waals surface area contributed by atoms with Crippen LogP contribution in [0.2, 0.25) is 4.34 Å². The van der Waals surface area contributed by atoms with Gasteiger partial charge in [-0.3, -0.25) is 4.79 Å². The van der Waals surface area contributed by atoms with Crippen molar-refractivity contribution in [1.29, 1.82) is 0 Å². The highest BCUT2D eigenvalue weighted by molar-refractivity contribution is 7.19. The Kier molecular flexibility index (Phi) is 3.40. The maximum atomic E-state index is 10.6. The number of nitrogens with zero attached hydrogens (tertiary/aromatic N) is 2. The maximum absolute atomic E-state index is 10.6. The second kappa shape index (κ2) is 4.81. The van der Waals surface area contributed by atoms with Crippen LogP contribution in [0.5, 0.6) is 0 Å². The molecule has 2 aromatic rings. The van der Waals surface area contributed by atoms with Crippen LogP contribution in [0.15, 0.2) is 18.2 Å². The van der Waals surface area contributed by atoms with E-state index >= 15 is 0 Å². The summed E-state index contributed by atoms with van der Waals surface area (Å²) in [5, 5.41) is 8.72. The summed E-state index contributed by atoms with van der Waals surface area (Å²) in [5.74, 6) is -0.622. The van der Waals surface area contributed by atoms with Crippen LogP contribution in [0, 0.1) is 6.92 Å². The molecule has 0 amide bonds. The van der Waals surface area contributed by atoms with Gasteiger partial charge in [-0.1, -0.05) is 11.6 Å². The molecule has 0 unspecified atom stereocenters. The fourth-order valence-corrected chi connectivity index (χ4v) is 2.43. The summed E-state index contributed by atoms with van der Waals surface area (Å²) in [6.07, 6.45) is -0.173. The van der Waals surface area contributed by atoms with Crippen LogP contribution >= 0.6 is 22.9 Å². The number of aryl methyl sites for hydroxylation is 1. The molecule has 0 radical (unpaired) electrons. The monoisotopic (exact) mass is 268 g/mol. The van der Waals surface area contributed by atoms with Crippen molar-refractivity contribution in [3.05, 3.63) is 34.1 Å². The van der Waals surface area contributed by atoms with E-state index in [0.717, 1.165) is 10.6 Å². The summed E-state index contributed by atoms with van der Waals surface area (Å²) in [7, 11) is 0. The number of hydrogen-bond acceptors (Lipinski definition) is 4. The van der Waals surface area contributed by atoms with Crippen molar-refractivity contribution < 1.29 is 9.90 Å². The fraction of sp³-hybridized carbons (Fsp3) is 0.182. The van der Waals surface area contributed by atoms with Crippen molar-refractivity contribution in [2.24, 2.45) is 0 Å². The molecule has 0 aliphatic heterocycles. The molecule has 1 N–H and O–H groups in total. The van der Waals surface area contributed by atoms with E-state index in [0.29, 0.717) is 15.9 Å². The number of carboxylic acids is 1. The average molecular weight is 269 g/mol. The molecular formula is C11H9ClN2O2S. The fourth-order valence-electron chi connectivity index (χ4n) is 1.42. The van der Waals surface area contributed by atoms with Gasteiger partial charge in [0, 0.05) is 5.69 Å². The topological polar surface area (TPSA) is 63.1 Å². The maximum Gasteiger partial charge on any atom is 0.311 e. The molecule has 0 bridgehead atoms. The van der Waals surface area contributed by atoms with E-state index in [1.54, 1.807) is 6.07 Å². The molecule has 0 fully saturated rings. The molecule has 2 aromatic heterocycles. The quantitative estimate of drug-likeness (QED) is 0.930. The number of halogens is 1. The van der Waals surface area contributed by atoms with Crippen LogP contribution in [0.25, 0.3) is 10.6 Å². The van der Waals surface area contributed by atoms with Gasteiger partial charge in [0.15, 0.2) is 0 Å². The largest absolute Gasteiger partial charge is 0.481 e. The van der Waals surface area contributed by atoms with Crippen LogP contribution < -0.4 is 0 Å². The summed E-state index contributed by atoms with van der Waals surface area (Å²) < 4.78 is 0.677. The minimum absolute atomic E-state index is 0.173. The Morgan fingerprint density at radius 3 is 2.82 bits per heavy atom. The van der Waals surface area contributed by atoms with Crippen molar-refractivity contribution in [3.8, 4) is 10.6 Å². The van der Waals surface area contributed by atoms with Gasteiger partial charge in [-0.05, 0) is 25.1 Å². The van der Waals surface area contributed by atoms with E-state index in [9.17, 15) is 4.79 Å². The first-order chi connectivity index (χ1) is 8.04. The van der Waals surface area contributed by atoms with Crippen molar-refractivity contribution in [2.75, 3.05) is 0 Å². The molecule has 6 heteroatoms. The number of aromatic nitrogens is 2. The Labute approximate surface area is 107 Å². The van der Waals surface area contributed by atoms with Crippen LogP contribution in [0.4, 0.5) is 0 Å². The summed E-state index contributed by atoms with van der Waals surface area (Å²) in [6, 6.07) is 5.46. The molecule has 0 atom stereocenters. The lowest BCUT2D eigenvalue weighted by molar-refractivity contribution is -0.136. The first kappa shape index (κ1) is 12.0. The summed E-state index contributed by atoms with van der Waals surface area (Å²) >= 11 is 7.26. The van der Waals surface area contributed by atoms with E-state index in [1.807, 2.05) is 19.1 Å². The number of rotatable bonds is 3. The third kappa shape index (κ3) is 3.01. The predicted octanol–water partition coefficient (Wildman–Crippen LogP) is 2.79. The molecule has 4 nitrogen and oxygen atoms in total. The number of carboxylic acid groups (broad SMARTS) is 1. The molecule has 0 saturated heterocycles. The molecule has 0 spiro atoms. The highest BCUT2D eigenvalue weighted by Gasteiger charge is 2.09. The highest BCUT2D eigenvalue weighted by atomic mass is 35.5. The van der Waals surface area contributed by atoms with Crippen LogP contribution in [0.1, 0.15) is 11.5 Å². The van der Waals surface area contributed by atoms with Gasteiger partial charge >= 0.3 is 5.97 Å². The lowest BCUT2D eigenvalue weighted by Crippen LogP contribution is -2.06. The third-order valence-electron chi connectivity index (χ3n) is 2.04. The van der Waals surface area contributed by atoms with Gasteiger partial charge < -0.3 is 5.11 Å². The molecule has 0 aromatic carbocycles. The summed E-state index contributed by atoms with van der Waals surface area (Å²) in [5.41, 5.74) is 1.46. The Hall–Kier alpha value is -1.46. The minimum atomic E-state index is -0.939. The molecule has 0 aliphatic rings. The Balaban J connectivity index is 2.41. The molecule has 88 valence electrons. The predicted molar refractivity (Wildman–Crippen MR) is 66.4 cm³/mol. The number of aliphatic carboxylic acids is 1. The van der Waals surface area contributed by atoms with E-state index in [4.69, 9.17) is 16.7 Å². The highest BCUT2D eigenvalue weighted by Crippen LogP contribution is 2.29. The van der Waals surface area contributed by atoms with Gasteiger partial charge in [-0.15, -0.1) is 11.3 Å². The van der Waals surface area contributed by atoms with Crippen LogP contribution in [-0.4, -0.2) is 21.0 Å². The van der Waals surface area contributed by atoms with Crippen molar-refractivity contribution in [1.82, 2.24) is 9.97 Å². The normalized spacial score (nSPS) is 10.5. The molecule has 0 aliphatic carbocycles. The first-order valence-corrected chi connectivity index (χ1v) is 6.06. The molecule has 2 heterocycles. The number of hydrogen-bond donors (Lipinski definition) is 1. The Morgan fingerprint density at radius 1 is 1.47 bits per heavy atom. The third-order valence-corrected chi connectivity index (χ3v) is 3.29. The van der Waals surface area contributed by atoms with Crippen LogP contribution in [-0.2, 0) is 11.2 Å². The van der Waals surface area contributed by atoms with E-state index in [-0.39, 0.29) is 6.42 Å². The van der Waals surface area contributed by atoms with Crippen molar-refractivity contribution >= 4 is 28.9 Å². The van der Waals surface area contributed by atoms with Gasteiger partial charge in [0.2, 0.25) is 0 Å². The van der Waals surface area contributed by atoms with Crippen LogP contribution in [0.3, 0.4) is 0 Å². The minimum Gasteiger partial charge on any atom is -0.481 e. The SMILES string of the molecule is Cc1cc(-c2ccc(Cl)s2)nc(CC(=O)O)n1. The van der Waals surface area contributed by atoms with Gasteiger partial charge in [0.05, 0.1) is 14.9 Å². The molecule has 0 saturated carbocycles. The van der Waals surface area contributed by atoms with Crippen molar-refractivity contribution in [3.63, 3.8) is 0 Å². The lowest BCUT2D eigenvalue weighted by atomic mass is 10.2. The Morgan fingerprint density at radius 2 is 2.24 bits per heavy atom. The zero-order chi connectivity index (χ0) is 12.4. The second-order valence-corrected chi connectivity index (χ2v) is 5.20. The van der Waals surface area contributed by atoms with E-state index in [1.165, 1.54) is 11.3 Å². The molecular weight excluding hydrogens is 260 g/mol. The number of carbonyl (C=O) groups is 1. The second-order valence-electron chi connectivity index (χ2n) is 3.49. The Bertz CT molecular complexity index is 568. The zero-order valence-electron chi connectivity index (χ0n) is 8.98. The van der Waals surface area contributed by atoms with E-state index < -0.39 is 5.97 Å². The summed E-state index contributed by atoms with van der Waals surface area (Å²) in [6.45, 7) is 1.81.